The molecule has 5 nitrogen and oxygen atoms in total. The second kappa shape index (κ2) is 7.41. The third-order valence-corrected chi connectivity index (χ3v) is 4.21. The third kappa shape index (κ3) is 3.19. The predicted molar refractivity (Wildman–Crippen MR) is 101 cm³/mol. The number of aliphatic hydroxyl groups excluding tert-OH is 1. The lowest BCUT2D eigenvalue weighted by Crippen LogP contribution is -2.13. The lowest BCUT2D eigenvalue weighted by molar-refractivity contribution is -0.384. The maximum absolute atomic E-state index is 11.5. The summed E-state index contributed by atoms with van der Waals surface area (Å²) in [5.74, 6) is 0.401. The minimum atomic E-state index is -0.986. The Kier molecular flexibility index (Phi) is 5.05. The summed E-state index contributed by atoms with van der Waals surface area (Å²) in [6.45, 7) is 0. The van der Waals surface area contributed by atoms with Gasteiger partial charge in [0.2, 0.25) is 0 Å². The molecule has 26 heavy (non-hydrogen) atoms. The lowest BCUT2D eigenvalue weighted by Gasteiger charge is -2.20. The van der Waals surface area contributed by atoms with E-state index in [1.807, 2.05) is 18.2 Å². The maximum atomic E-state index is 11.5. The Hall–Kier alpha value is -3.12. The highest BCUT2D eigenvalue weighted by Gasteiger charge is 2.25. The van der Waals surface area contributed by atoms with Crippen LogP contribution in [0, 0.1) is 10.1 Å². The molecule has 0 saturated heterocycles. The normalized spacial score (nSPS) is 11.8. The number of rotatable bonds is 5. The van der Waals surface area contributed by atoms with Gasteiger partial charge in [0.25, 0.3) is 5.69 Å². The van der Waals surface area contributed by atoms with E-state index < -0.39 is 11.0 Å². The highest BCUT2D eigenvalue weighted by atomic mass is 16.6. The minimum Gasteiger partial charge on any atom is -0.496 e. The number of methoxy groups -OCH3 is 1. The Balaban J connectivity index is 2.31. The molecule has 0 heterocycles. The summed E-state index contributed by atoms with van der Waals surface area (Å²) >= 11 is 0. The molecule has 0 bridgehead atoms. The zero-order valence-corrected chi connectivity index (χ0v) is 14.1. The van der Waals surface area contributed by atoms with E-state index >= 15 is 0 Å². The van der Waals surface area contributed by atoms with Crippen LogP contribution in [-0.4, -0.2) is 25.0 Å². The summed E-state index contributed by atoms with van der Waals surface area (Å²) in [4.78, 5) is 11.1. The van der Waals surface area contributed by atoms with Crippen LogP contribution in [0.4, 0.5) is 5.69 Å². The molecule has 0 amide bonds. The third-order valence-electron chi connectivity index (χ3n) is 4.21. The predicted octanol–water partition coefficient (Wildman–Crippen LogP) is 3.15. The van der Waals surface area contributed by atoms with Crippen molar-refractivity contribution in [3.8, 4) is 16.9 Å². The van der Waals surface area contributed by atoms with Gasteiger partial charge in [-0.05, 0) is 17.2 Å². The molecule has 6 heteroatoms. The van der Waals surface area contributed by atoms with Crippen LogP contribution < -0.4 is 10.2 Å². The number of nitro groups is 1. The molecule has 3 aromatic rings. The number of ether oxygens (including phenoxy) is 1. The molecule has 0 fully saturated rings. The van der Waals surface area contributed by atoms with Crippen molar-refractivity contribution < 1.29 is 14.8 Å². The van der Waals surface area contributed by atoms with Crippen LogP contribution in [0.15, 0.2) is 66.7 Å². The molecule has 0 aromatic heterocycles. The zero-order chi connectivity index (χ0) is 18.7. The highest BCUT2D eigenvalue weighted by Crippen LogP contribution is 2.41. The second-order valence-electron chi connectivity index (χ2n) is 5.74. The van der Waals surface area contributed by atoms with Gasteiger partial charge >= 0.3 is 0 Å². The van der Waals surface area contributed by atoms with E-state index in [4.69, 9.17) is 12.6 Å². The Bertz CT molecular complexity index is 944. The molecule has 3 aromatic carbocycles. The molecular weight excluding hydrogens is 329 g/mol. The van der Waals surface area contributed by atoms with Crippen molar-refractivity contribution >= 4 is 19.0 Å². The average molecular weight is 345 g/mol. The summed E-state index contributed by atoms with van der Waals surface area (Å²) in [6.07, 6.45) is -0.986. The molecule has 2 radical (unpaired) electrons. The van der Waals surface area contributed by atoms with Crippen molar-refractivity contribution in [3.05, 3.63) is 88.0 Å². The number of nitro benzene ring substituents is 1. The zero-order valence-electron chi connectivity index (χ0n) is 14.1. The van der Waals surface area contributed by atoms with Crippen molar-refractivity contribution in [2.24, 2.45) is 0 Å². The van der Waals surface area contributed by atoms with Gasteiger partial charge in [-0.1, -0.05) is 60.1 Å². The van der Waals surface area contributed by atoms with Gasteiger partial charge in [0.15, 0.2) is 0 Å². The molecule has 128 valence electrons. The summed E-state index contributed by atoms with van der Waals surface area (Å²) in [5, 5.41) is 22.5. The van der Waals surface area contributed by atoms with Gasteiger partial charge in [0, 0.05) is 11.6 Å². The minimum absolute atomic E-state index is 0.143. The Morgan fingerprint density at radius 1 is 1.00 bits per heavy atom. The van der Waals surface area contributed by atoms with Crippen molar-refractivity contribution in [1.82, 2.24) is 0 Å². The van der Waals surface area contributed by atoms with Gasteiger partial charge in [0.05, 0.1) is 17.6 Å². The molecule has 1 atom stereocenters. The van der Waals surface area contributed by atoms with Gasteiger partial charge in [-0.15, -0.1) is 0 Å². The first-order chi connectivity index (χ1) is 12.5. The summed E-state index contributed by atoms with van der Waals surface area (Å²) in [7, 11) is 7.56. The van der Waals surface area contributed by atoms with E-state index in [0.29, 0.717) is 22.4 Å². The molecule has 1 unspecified atom stereocenters. The molecule has 0 aliphatic rings. The average Bonchev–Trinajstić information content (AvgIpc) is 2.67. The monoisotopic (exact) mass is 345 g/mol. The molecule has 0 saturated carbocycles. The fourth-order valence-corrected chi connectivity index (χ4v) is 3.01. The van der Waals surface area contributed by atoms with E-state index in [1.54, 1.807) is 36.4 Å². The van der Waals surface area contributed by atoms with Gasteiger partial charge in [-0.3, -0.25) is 10.1 Å². The van der Waals surface area contributed by atoms with E-state index in [1.165, 1.54) is 19.2 Å². The molecule has 1 N–H and O–H groups in total. The summed E-state index contributed by atoms with van der Waals surface area (Å²) in [5.41, 5.74) is 1.90. The number of hydrogen-bond acceptors (Lipinski definition) is 4. The fourth-order valence-electron chi connectivity index (χ4n) is 3.01. The first-order valence-corrected chi connectivity index (χ1v) is 7.97. The van der Waals surface area contributed by atoms with Gasteiger partial charge in [-0.25, -0.2) is 0 Å². The van der Waals surface area contributed by atoms with Gasteiger partial charge < -0.3 is 9.84 Å². The largest absolute Gasteiger partial charge is 0.496 e. The van der Waals surface area contributed by atoms with E-state index in [-0.39, 0.29) is 16.7 Å². The van der Waals surface area contributed by atoms with Crippen LogP contribution in [0.3, 0.4) is 0 Å². The Morgan fingerprint density at radius 3 is 2.35 bits per heavy atom. The summed E-state index contributed by atoms with van der Waals surface area (Å²) in [6, 6.07) is 18.7. The molecule has 0 spiro atoms. The van der Waals surface area contributed by atoms with Crippen LogP contribution in [-0.2, 0) is 0 Å². The summed E-state index contributed by atoms with van der Waals surface area (Å²) < 4.78 is 5.43. The van der Waals surface area contributed by atoms with Crippen LogP contribution in [0.5, 0.6) is 5.75 Å². The number of benzene rings is 3. The van der Waals surface area contributed by atoms with E-state index in [9.17, 15) is 15.2 Å². The number of hydrogen-bond donors (Lipinski definition) is 1. The van der Waals surface area contributed by atoms with Crippen molar-refractivity contribution in [2.75, 3.05) is 7.11 Å². The lowest BCUT2D eigenvalue weighted by atomic mass is 9.82. The van der Waals surface area contributed by atoms with Gasteiger partial charge in [0.1, 0.15) is 19.7 Å². The van der Waals surface area contributed by atoms with E-state index in [2.05, 4.69) is 0 Å². The topological polar surface area (TPSA) is 72.6 Å². The number of aliphatic hydroxyl groups is 1. The fraction of sp³-hybridized carbons (Fsp3) is 0.100. The maximum Gasteiger partial charge on any atom is 0.276 e. The van der Waals surface area contributed by atoms with E-state index in [0.717, 1.165) is 0 Å². The molecular formula is C20H16BNO4. The van der Waals surface area contributed by atoms with Crippen molar-refractivity contribution in [2.45, 2.75) is 6.10 Å². The number of nitrogens with zero attached hydrogens (tertiary/aromatic N) is 1. The molecule has 3 rings (SSSR count). The quantitative estimate of drug-likeness (QED) is 0.438. The van der Waals surface area contributed by atoms with Crippen LogP contribution in [0.25, 0.3) is 11.1 Å². The highest BCUT2D eigenvalue weighted by molar-refractivity contribution is 6.36. The standard InChI is InChI=1S/C20H16BNO4/c1-26-17-12-5-9-14(20(23)13-7-3-2-4-8-13)18(17)19-15(21)10-6-11-16(19)22(24)25/h2-12,20,23H,1H3. The van der Waals surface area contributed by atoms with Crippen molar-refractivity contribution in [1.29, 1.82) is 0 Å². The Morgan fingerprint density at radius 2 is 1.69 bits per heavy atom. The Labute approximate surface area is 152 Å². The molecule has 0 aliphatic heterocycles. The van der Waals surface area contributed by atoms with Crippen molar-refractivity contribution in [3.63, 3.8) is 0 Å². The van der Waals surface area contributed by atoms with Gasteiger partial charge in [-0.2, -0.15) is 0 Å². The smallest absolute Gasteiger partial charge is 0.276 e. The SMILES string of the molecule is [B]c1cccc([N+](=O)[O-])c1-c1c(OC)cccc1C(O)c1ccccc1. The second-order valence-corrected chi connectivity index (χ2v) is 5.74. The van der Waals surface area contributed by atoms with Crippen LogP contribution in [0.1, 0.15) is 17.2 Å². The molecule has 0 aliphatic carbocycles. The first-order valence-electron chi connectivity index (χ1n) is 7.97. The van der Waals surface area contributed by atoms with Crippen LogP contribution in [0.2, 0.25) is 0 Å². The first kappa shape index (κ1) is 17.7. The van der Waals surface area contributed by atoms with Crippen LogP contribution >= 0.6 is 0 Å².